The van der Waals surface area contributed by atoms with E-state index in [1.54, 1.807) is 12.1 Å². The minimum absolute atomic E-state index is 0.304. The molecule has 1 aromatic rings. The van der Waals surface area contributed by atoms with Crippen molar-refractivity contribution < 1.29 is 29.0 Å². The van der Waals surface area contributed by atoms with E-state index in [0.717, 1.165) is 12.8 Å². The summed E-state index contributed by atoms with van der Waals surface area (Å²) in [5.74, 6) is -0.822. The van der Waals surface area contributed by atoms with Crippen LogP contribution in [0.4, 0.5) is 0 Å². The molecule has 2 rings (SSSR count). The highest BCUT2D eigenvalue weighted by atomic mass is 16.5. The molecule has 8 heteroatoms. The van der Waals surface area contributed by atoms with E-state index >= 15 is 0 Å². The summed E-state index contributed by atoms with van der Waals surface area (Å²) in [5, 5.41) is 14.0. The molecule has 1 atom stereocenters. The van der Waals surface area contributed by atoms with Crippen LogP contribution in [0, 0.1) is 5.92 Å². The van der Waals surface area contributed by atoms with E-state index in [9.17, 15) is 14.4 Å². The number of hydrogen-bond acceptors (Lipinski definition) is 5. The van der Waals surface area contributed by atoms with Gasteiger partial charge in [-0.25, -0.2) is 4.79 Å². The summed E-state index contributed by atoms with van der Waals surface area (Å²) < 4.78 is 10.2. The zero-order valence-corrected chi connectivity index (χ0v) is 14.2. The average Bonchev–Trinajstić information content (AvgIpc) is 3.42. The predicted molar refractivity (Wildman–Crippen MR) is 88.8 cm³/mol. The van der Waals surface area contributed by atoms with Crippen molar-refractivity contribution in [3.05, 3.63) is 23.8 Å². The Morgan fingerprint density at radius 2 is 1.88 bits per heavy atom. The molecule has 0 spiro atoms. The van der Waals surface area contributed by atoms with Crippen LogP contribution in [0.1, 0.15) is 29.6 Å². The first-order valence-corrected chi connectivity index (χ1v) is 7.97. The monoisotopic (exact) mass is 350 g/mol. The number of methoxy groups -OCH3 is 2. The van der Waals surface area contributed by atoms with E-state index in [-0.39, 0.29) is 6.54 Å². The van der Waals surface area contributed by atoms with Crippen LogP contribution in [-0.4, -0.2) is 49.7 Å². The normalized spacial score (nSPS) is 14.3. The second kappa shape index (κ2) is 8.36. The molecular weight excluding hydrogens is 328 g/mol. The van der Waals surface area contributed by atoms with E-state index in [2.05, 4.69) is 10.6 Å². The highest BCUT2D eigenvalue weighted by Crippen LogP contribution is 2.33. The summed E-state index contributed by atoms with van der Waals surface area (Å²) in [6, 6.07) is 3.71. The van der Waals surface area contributed by atoms with Crippen LogP contribution in [-0.2, 0) is 9.59 Å². The van der Waals surface area contributed by atoms with E-state index in [0.29, 0.717) is 29.4 Å². The van der Waals surface area contributed by atoms with Gasteiger partial charge in [0.1, 0.15) is 6.04 Å². The number of carbonyl (C=O) groups is 3. The first-order valence-electron chi connectivity index (χ1n) is 7.97. The van der Waals surface area contributed by atoms with Gasteiger partial charge >= 0.3 is 5.97 Å². The maximum absolute atomic E-state index is 12.1. The molecule has 0 heterocycles. The number of carbonyl (C=O) groups excluding carboxylic acids is 2. The van der Waals surface area contributed by atoms with Gasteiger partial charge in [-0.05, 0) is 30.5 Å². The molecule has 3 N–H and O–H groups in total. The number of aliphatic carboxylic acids is 1. The molecule has 1 aliphatic rings. The molecule has 1 saturated carbocycles. The molecule has 2 amide bonds. The van der Waals surface area contributed by atoms with Crippen LogP contribution in [0.3, 0.4) is 0 Å². The molecule has 1 aromatic carbocycles. The zero-order chi connectivity index (χ0) is 18.4. The topological polar surface area (TPSA) is 114 Å². The van der Waals surface area contributed by atoms with Crippen LogP contribution in [0.25, 0.3) is 0 Å². The third-order valence-electron chi connectivity index (χ3n) is 3.95. The van der Waals surface area contributed by atoms with Gasteiger partial charge < -0.3 is 25.2 Å². The fraction of sp³-hybridized carbons (Fsp3) is 0.471. The molecule has 8 nitrogen and oxygen atoms in total. The van der Waals surface area contributed by atoms with Crippen LogP contribution < -0.4 is 20.1 Å². The van der Waals surface area contributed by atoms with Gasteiger partial charge in [-0.15, -0.1) is 0 Å². The highest BCUT2D eigenvalue weighted by Gasteiger charge is 2.30. The molecule has 1 fully saturated rings. The summed E-state index contributed by atoms with van der Waals surface area (Å²) in [5.41, 5.74) is 0.304. The Kier molecular flexibility index (Phi) is 6.21. The number of nitrogens with one attached hydrogen (secondary N) is 2. The number of carboxylic acid groups (broad SMARTS) is 1. The Morgan fingerprint density at radius 3 is 2.44 bits per heavy atom. The maximum Gasteiger partial charge on any atom is 0.326 e. The summed E-state index contributed by atoms with van der Waals surface area (Å²) in [6.07, 6.45) is 2.41. The summed E-state index contributed by atoms with van der Waals surface area (Å²) in [6.45, 7) is -0.304. The van der Waals surface area contributed by atoms with E-state index < -0.39 is 23.8 Å². The van der Waals surface area contributed by atoms with Gasteiger partial charge in [0.2, 0.25) is 5.91 Å². The fourth-order valence-electron chi connectivity index (χ4n) is 2.39. The smallest absolute Gasteiger partial charge is 0.326 e. The van der Waals surface area contributed by atoms with Gasteiger partial charge in [0.25, 0.3) is 5.91 Å². The van der Waals surface area contributed by atoms with Crippen molar-refractivity contribution in [1.82, 2.24) is 10.6 Å². The van der Waals surface area contributed by atoms with E-state index in [1.165, 1.54) is 20.3 Å². The second-order valence-corrected chi connectivity index (χ2v) is 5.89. The number of benzene rings is 1. The first kappa shape index (κ1) is 18.6. The van der Waals surface area contributed by atoms with Crippen molar-refractivity contribution in [2.45, 2.75) is 25.3 Å². The third kappa shape index (κ3) is 5.37. The van der Waals surface area contributed by atoms with Gasteiger partial charge in [-0.3, -0.25) is 9.59 Å². The molecule has 25 heavy (non-hydrogen) atoms. The lowest BCUT2D eigenvalue weighted by Crippen LogP contribution is -2.45. The van der Waals surface area contributed by atoms with Crippen molar-refractivity contribution in [3.8, 4) is 11.5 Å². The third-order valence-corrected chi connectivity index (χ3v) is 3.95. The molecule has 0 aromatic heterocycles. The predicted octanol–water partition coefficient (Wildman–Crippen LogP) is 0.803. The number of ether oxygens (including phenoxy) is 2. The van der Waals surface area contributed by atoms with Crippen LogP contribution in [0.5, 0.6) is 11.5 Å². The molecule has 1 unspecified atom stereocenters. The van der Waals surface area contributed by atoms with Crippen molar-refractivity contribution in [1.29, 1.82) is 0 Å². The first-order chi connectivity index (χ1) is 11.9. The number of carboxylic acids is 1. The van der Waals surface area contributed by atoms with Gasteiger partial charge in [-0.2, -0.15) is 0 Å². The van der Waals surface area contributed by atoms with Crippen LogP contribution in [0.15, 0.2) is 18.2 Å². The Hall–Kier alpha value is -2.77. The maximum atomic E-state index is 12.1. The summed E-state index contributed by atoms with van der Waals surface area (Å²) in [7, 11) is 2.95. The van der Waals surface area contributed by atoms with E-state index in [1.807, 2.05) is 0 Å². The number of amides is 2. The summed E-state index contributed by atoms with van der Waals surface area (Å²) >= 11 is 0. The Balaban J connectivity index is 1.87. The number of hydrogen-bond donors (Lipinski definition) is 3. The van der Waals surface area contributed by atoms with Crippen LogP contribution in [0.2, 0.25) is 0 Å². The zero-order valence-electron chi connectivity index (χ0n) is 14.2. The molecule has 136 valence electrons. The Morgan fingerprint density at radius 1 is 1.20 bits per heavy atom. The van der Waals surface area contributed by atoms with Crippen molar-refractivity contribution >= 4 is 17.8 Å². The van der Waals surface area contributed by atoms with Gasteiger partial charge in [-0.1, -0.05) is 12.8 Å². The van der Waals surface area contributed by atoms with Crippen molar-refractivity contribution in [2.24, 2.45) is 5.92 Å². The molecule has 0 aliphatic heterocycles. The van der Waals surface area contributed by atoms with Crippen molar-refractivity contribution in [3.63, 3.8) is 0 Å². The molecule has 0 saturated heterocycles. The minimum atomic E-state index is -1.06. The number of rotatable bonds is 9. The van der Waals surface area contributed by atoms with Gasteiger partial charge in [0.05, 0.1) is 20.8 Å². The molecule has 0 radical (unpaired) electrons. The van der Waals surface area contributed by atoms with Gasteiger partial charge in [0.15, 0.2) is 11.5 Å². The lowest BCUT2D eigenvalue weighted by atomic mass is 10.1. The Bertz CT molecular complexity index is 657. The fourth-order valence-corrected chi connectivity index (χ4v) is 2.39. The van der Waals surface area contributed by atoms with Crippen molar-refractivity contribution in [2.75, 3.05) is 20.8 Å². The minimum Gasteiger partial charge on any atom is -0.493 e. The molecular formula is C17H22N2O6. The lowest BCUT2D eigenvalue weighted by Gasteiger charge is -2.14. The Labute approximate surface area is 145 Å². The van der Waals surface area contributed by atoms with E-state index in [4.69, 9.17) is 14.6 Å². The lowest BCUT2D eigenvalue weighted by molar-refractivity contribution is -0.142. The quantitative estimate of drug-likeness (QED) is 0.607. The van der Waals surface area contributed by atoms with Gasteiger partial charge in [0, 0.05) is 5.56 Å². The largest absolute Gasteiger partial charge is 0.493 e. The highest BCUT2D eigenvalue weighted by molar-refractivity contribution is 5.97. The molecule has 1 aliphatic carbocycles. The summed E-state index contributed by atoms with van der Waals surface area (Å²) in [4.78, 5) is 35.2. The van der Waals surface area contributed by atoms with Crippen LogP contribution >= 0.6 is 0 Å². The second-order valence-electron chi connectivity index (χ2n) is 5.89. The average molecular weight is 350 g/mol. The SMILES string of the molecule is COc1ccc(C(=O)NCC(=O)NC(CC2CC2)C(=O)O)cc1OC. The standard InChI is InChI=1S/C17H22N2O6/c1-24-13-6-5-11(8-14(13)25-2)16(21)18-9-15(20)19-12(17(22)23)7-10-3-4-10/h5-6,8,10,12H,3-4,7,9H2,1-2H3,(H,18,21)(H,19,20)(H,22,23). The molecule has 0 bridgehead atoms.